The molecule has 1 aliphatic carbocycles. The van der Waals surface area contributed by atoms with Gasteiger partial charge in [-0.2, -0.15) is 0 Å². The van der Waals surface area contributed by atoms with Gasteiger partial charge in [0.2, 0.25) is 0 Å². The lowest BCUT2D eigenvalue weighted by Crippen LogP contribution is -2.33. The number of anilines is 3. The Bertz CT molecular complexity index is 1110. The van der Waals surface area contributed by atoms with E-state index >= 15 is 0 Å². The summed E-state index contributed by atoms with van der Waals surface area (Å²) in [6.07, 6.45) is 9.68. The van der Waals surface area contributed by atoms with Crippen molar-refractivity contribution in [2.75, 3.05) is 10.6 Å². The van der Waals surface area contributed by atoms with Gasteiger partial charge in [-0.05, 0) is 37.1 Å². The zero-order valence-electron chi connectivity index (χ0n) is 15.5. The van der Waals surface area contributed by atoms with Crippen LogP contribution in [0.2, 0.25) is 0 Å². The number of imidazole rings is 1. The van der Waals surface area contributed by atoms with Crippen molar-refractivity contribution in [2.24, 2.45) is 5.73 Å². The fraction of sp³-hybridized carbons (Fsp3) is 0.286. The molecule has 0 bridgehead atoms. The first-order chi connectivity index (χ1) is 13.8. The van der Waals surface area contributed by atoms with Gasteiger partial charge >= 0.3 is 0 Å². The van der Waals surface area contributed by atoms with Gasteiger partial charge in [-0.15, -0.1) is 5.10 Å². The van der Waals surface area contributed by atoms with Gasteiger partial charge in [0.25, 0.3) is 0 Å². The van der Waals surface area contributed by atoms with Gasteiger partial charge in [0.1, 0.15) is 11.6 Å². The second kappa shape index (κ2) is 7.09. The monoisotopic (exact) mass is 373 g/mol. The predicted octanol–water partition coefficient (Wildman–Crippen LogP) is 3.70. The molecule has 0 atom stereocenters. The van der Waals surface area contributed by atoms with Crippen LogP contribution in [0.15, 0.2) is 55.0 Å². The maximum atomic E-state index is 6.03. The summed E-state index contributed by atoms with van der Waals surface area (Å²) in [7, 11) is 0. The number of benzene rings is 1. The Morgan fingerprint density at radius 1 is 1.00 bits per heavy atom. The molecule has 0 saturated heterocycles. The Morgan fingerprint density at radius 3 is 2.75 bits per heavy atom. The molecule has 3 heterocycles. The SMILES string of the molecule is NC1CCC(Nc2cc(Nc3nccc4ccccc34)c3nccn3n2)CC1. The van der Waals surface area contributed by atoms with Crippen molar-refractivity contribution in [3.8, 4) is 0 Å². The zero-order valence-corrected chi connectivity index (χ0v) is 15.5. The minimum absolute atomic E-state index is 0.330. The summed E-state index contributed by atoms with van der Waals surface area (Å²) in [4.78, 5) is 9.00. The second-order valence-corrected chi connectivity index (χ2v) is 7.40. The normalized spacial score (nSPS) is 19.8. The maximum Gasteiger partial charge on any atom is 0.177 e. The standard InChI is InChI=1S/C21H23N7/c22-15-5-7-16(8-6-15)25-19-13-18(21-24-11-12-28(21)27-19)26-20-17-4-2-1-3-14(17)9-10-23-20/h1-4,9-13,15-16H,5-8,22H2,(H,23,26)(H,25,27). The van der Waals surface area contributed by atoms with Crippen LogP contribution in [0.4, 0.5) is 17.3 Å². The highest BCUT2D eigenvalue weighted by atomic mass is 15.3. The van der Waals surface area contributed by atoms with E-state index < -0.39 is 0 Å². The number of nitrogens with two attached hydrogens (primary N) is 1. The van der Waals surface area contributed by atoms with Crippen molar-refractivity contribution in [3.05, 3.63) is 55.0 Å². The third-order valence-corrected chi connectivity index (χ3v) is 5.41. The van der Waals surface area contributed by atoms with E-state index in [1.54, 1.807) is 10.7 Å². The molecule has 1 fully saturated rings. The smallest absolute Gasteiger partial charge is 0.177 e. The van der Waals surface area contributed by atoms with Gasteiger partial charge in [-0.3, -0.25) is 0 Å². The number of fused-ring (bicyclic) bond motifs is 2. The van der Waals surface area contributed by atoms with Crippen molar-refractivity contribution >= 4 is 33.7 Å². The van der Waals surface area contributed by atoms with Gasteiger partial charge in [0.15, 0.2) is 5.65 Å². The number of pyridine rings is 1. The Kier molecular flexibility index (Phi) is 4.29. The predicted molar refractivity (Wildman–Crippen MR) is 112 cm³/mol. The van der Waals surface area contributed by atoms with E-state index in [2.05, 4.69) is 37.8 Å². The summed E-state index contributed by atoms with van der Waals surface area (Å²) in [6, 6.07) is 13.0. The maximum absolute atomic E-state index is 6.03. The van der Waals surface area contributed by atoms with Crippen LogP contribution >= 0.6 is 0 Å². The Hall–Kier alpha value is -3.19. The van der Waals surface area contributed by atoms with Gasteiger partial charge in [-0.1, -0.05) is 24.3 Å². The number of rotatable bonds is 4. The molecule has 7 heteroatoms. The van der Waals surface area contributed by atoms with E-state index in [0.29, 0.717) is 12.1 Å². The highest BCUT2D eigenvalue weighted by Crippen LogP contribution is 2.28. The largest absolute Gasteiger partial charge is 0.366 e. The number of hydrogen-bond acceptors (Lipinski definition) is 6. The van der Waals surface area contributed by atoms with Gasteiger partial charge in [0.05, 0.1) is 5.69 Å². The van der Waals surface area contributed by atoms with Crippen molar-refractivity contribution in [3.63, 3.8) is 0 Å². The molecule has 0 unspecified atom stereocenters. The molecule has 0 radical (unpaired) electrons. The molecule has 1 saturated carbocycles. The molecule has 142 valence electrons. The lowest BCUT2D eigenvalue weighted by Gasteiger charge is -2.27. The van der Waals surface area contributed by atoms with Crippen molar-refractivity contribution < 1.29 is 0 Å². The third-order valence-electron chi connectivity index (χ3n) is 5.41. The minimum Gasteiger partial charge on any atom is -0.366 e. The fourth-order valence-corrected chi connectivity index (χ4v) is 3.90. The van der Waals surface area contributed by atoms with Crippen LogP contribution < -0.4 is 16.4 Å². The molecule has 1 aromatic carbocycles. The highest BCUT2D eigenvalue weighted by Gasteiger charge is 2.19. The summed E-state index contributed by atoms with van der Waals surface area (Å²) in [6.45, 7) is 0. The second-order valence-electron chi connectivity index (χ2n) is 7.40. The molecular formula is C21H23N7. The Balaban J connectivity index is 1.49. The van der Waals surface area contributed by atoms with Crippen molar-refractivity contribution in [2.45, 2.75) is 37.8 Å². The van der Waals surface area contributed by atoms with E-state index in [0.717, 1.165) is 59.4 Å². The molecular weight excluding hydrogens is 350 g/mol. The summed E-state index contributed by atoms with van der Waals surface area (Å²) in [5, 5.41) is 13.9. The molecule has 4 aromatic rings. The fourth-order valence-electron chi connectivity index (χ4n) is 3.90. The molecule has 4 N–H and O–H groups in total. The van der Waals surface area contributed by atoms with Crippen LogP contribution in [-0.2, 0) is 0 Å². The van der Waals surface area contributed by atoms with Crippen molar-refractivity contribution in [1.82, 2.24) is 19.6 Å². The molecule has 5 rings (SSSR count). The van der Waals surface area contributed by atoms with Gasteiger partial charge < -0.3 is 16.4 Å². The third kappa shape index (κ3) is 3.25. The molecule has 3 aromatic heterocycles. The summed E-state index contributed by atoms with van der Waals surface area (Å²) >= 11 is 0. The molecule has 0 amide bonds. The summed E-state index contributed by atoms with van der Waals surface area (Å²) in [5.41, 5.74) is 7.68. The van der Waals surface area contributed by atoms with Crippen LogP contribution in [0.3, 0.4) is 0 Å². The molecule has 28 heavy (non-hydrogen) atoms. The molecule has 7 nitrogen and oxygen atoms in total. The number of nitrogens with one attached hydrogen (secondary N) is 2. The Morgan fingerprint density at radius 2 is 1.86 bits per heavy atom. The van der Waals surface area contributed by atoms with E-state index in [1.807, 2.05) is 36.7 Å². The van der Waals surface area contributed by atoms with E-state index in [1.165, 1.54) is 0 Å². The van der Waals surface area contributed by atoms with Crippen molar-refractivity contribution in [1.29, 1.82) is 0 Å². The first-order valence-electron chi connectivity index (χ1n) is 9.73. The topological polar surface area (TPSA) is 93.2 Å². The summed E-state index contributed by atoms with van der Waals surface area (Å²) < 4.78 is 1.80. The molecule has 0 aliphatic heterocycles. The van der Waals surface area contributed by atoms with E-state index in [4.69, 9.17) is 5.73 Å². The van der Waals surface area contributed by atoms with Crippen LogP contribution in [-0.4, -0.2) is 31.7 Å². The number of aromatic nitrogens is 4. The number of hydrogen-bond donors (Lipinski definition) is 3. The van der Waals surface area contributed by atoms with Gasteiger partial charge in [-0.25, -0.2) is 14.5 Å². The van der Waals surface area contributed by atoms with E-state index in [9.17, 15) is 0 Å². The highest BCUT2D eigenvalue weighted by molar-refractivity contribution is 5.94. The number of nitrogens with zero attached hydrogens (tertiary/aromatic N) is 4. The lowest BCUT2D eigenvalue weighted by atomic mass is 9.92. The quantitative estimate of drug-likeness (QED) is 0.505. The average Bonchev–Trinajstić information content (AvgIpc) is 3.19. The Labute approximate surface area is 163 Å². The first-order valence-corrected chi connectivity index (χ1v) is 9.73. The van der Waals surface area contributed by atoms with E-state index in [-0.39, 0.29) is 0 Å². The van der Waals surface area contributed by atoms with Crippen LogP contribution in [0, 0.1) is 0 Å². The van der Waals surface area contributed by atoms with Crippen LogP contribution in [0.5, 0.6) is 0 Å². The average molecular weight is 373 g/mol. The molecule has 0 spiro atoms. The molecule has 1 aliphatic rings. The van der Waals surface area contributed by atoms with Crippen LogP contribution in [0.1, 0.15) is 25.7 Å². The van der Waals surface area contributed by atoms with Gasteiger partial charge in [0, 0.05) is 42.1 Å². The zero-order chi connectivity index (χ0) is 18.9. The summed E-state index contributed by atoms with van der Waals surface area (Å²) in [5.74, 6) is 1.64. The van der Waals surface area contributed by atoms with Crippen LogP contribution in [0.25, 0.3) is 16.4 Å². The lowest BCUT2D eigenvalue weighted by molar-refractivity contribution is 0.410. The minimum atomic E-state index is 0.330. The first kappa shape index (κ1) is 16.9.